The number of nitrogens with two attached hydrogens (primary N) is 1. The molecule has 0 fully saturated rings. The first-order chi connectivity index (χ1) is 9.59. The second-order valence-corrected chi connectivity index (χ2v) is 5.11. The van der Waals surface area contributed by atoms with E-state index in [0.717, 1.165) is 24.9 Å². The number of benzene rings is 1. The molecular formula is C15H20N2O3. The van der Waals surface area contributed by atoms with Crippen molar-refractivity contribution >= 4 is 17.6 Å². The summed E-state index contributed by atoms with van der Waals surface area (Å²) in [5.74, 6) is -1.11. The fourth-order valence-electron chi connectivity index (χ4n) is 2.49. The Morgan fingerprint density at radius 1 is 1.30 bits per heavy atom. The van der Waals surface area contributed by atoms with Gasteiger partial charge >= 0.3 is 5.97 Å². The number of carboxylic acids is 1. The van der Waals surface area contributed by atoms with Gasteiger partial charge in [-0.3, -0.25) is 9.59 Å². The molecule has 1 aliphatic heterocycles. The third-order valence-corrected chi connectivity index (χ3v) is 3.65. The maximum atomic E-state index is 12.3. The molecule has 0 spiro atoms. The predicted molar refractivity (Wildman–Crippen MR) is 76.6 cm³/mol. The van der Waals surface area contributed by atoms with Crippen LogP contribution in [0.2, 0.25) is 0 Å². The van der Waals surface area contributed by atoms with Crippen LogP contribution in [0.15, 0.2) is 24.3 Å². The summed E-state index contributed by atoms with van der Waals surface area (Å²) in [5, 5.41) is 8.76. The monoisotopic (exact) mass is 276 g/mol. The quantitative estimate of drug-likeness (QED) is 0.874. The van der Waals surface area contributed by atoms with Crippen molar-refractivity contribution in [2.24, 2.45) is 5.73 Å². The molecule has 5 heteroatoms. The molecule has 0 radical (unpaired) electrons. The van der Waals surface area contributed by atoms with E-state index in [9.17, 15) is 9.59 Å². The summed E-state index contributed by atoms with van der Waals surface area (Å²) >= 11 is 0. The molecule has 1 heterocycles. The van der Waals surface area contributed by atoms with Gasteiger partial charge in [0, 0.05) is 18.7 Å². The number of nitrogens with zero attached hydrogens (tertiary/aromatic N) is 1. The molecule has 1 amide bonds. The Bertz CT molecular complexity index is 502. The molecule has 0 saturated heterocycles. The average molecular weight is 276 g/mol. The first-order valence-corrected chi connectivity index (χ1v) is 6.96. The third kappa shape index (κ3) is 3.36. The van der Waals surface area contributed by atoms with Gasteiger partial charge < -0.3 is 15.7 Å². The zero-order valence-electron chi connectivity index (χ0n) is 11.4. The Morgan fingerprint density at radius 2 is 2.05 bits per heavy atom. The molecule has 1 aromatic rings. The molecule has 0 aromatic heterocycles. The number of hydrogen-bond donors (Lipinski definition) is 2. The number of para-hydroxylation sites is 1. The molecule has 0 saturated carbocycles. The van der Waals surface area contributed by atoms with Gasteiger partial charge in [-0.1, -0.05) is 18.2 Å². The molecule has 1 aliphatic rings. The number of rotatable bonds is 4. The first kappa shape index (κ1) is 14.5. The molecule has 108 valence electrons. The Labute approximate surface area is 118 Å². The van der Waals surface area contributed by atoms with Crippen molar-refractivity contribution in [1.29, 1.82) is 0 Å². The Kier molecular flexibility index (Phi) is 4.74. The van der Waals surface area contributed by atoms with Gasteiger partial charge in [0.05, 0.1) is 0 Å². The number of fused-ring (bicyclic) bond motifs is 1. The molecule has 1 atom stereocenters. The highest BCUT2D eigenvalue weighted by Crippen LogP contribution is 2.26. The van der Waals surface area contributed by atoms with E-state index < -0.39 is 12.0 Å². The van der Waals surface area contributed by atoms with Crippen LogP contribution in [0.3, 0.4) is 0 Å². The molecule has 0 aliphatic carbocycles. The number of carbonyl (C=O) groups excluding carboxylic acids is 1. The lowest BCUT2D eigenvalue weighted by Crippen LogP contribution is -2.35. The lowest BCUT2D eigenvalue weighted by Gasteiger charge is -2.23. The van der Waals surface area contributed by atoms with E-state index in [-0.39, 0.29) is 18.7 Å². The molecule has 20 heavy (non-hydrogen) atoms. The third-order valence-electron chi connectivity index (χ3n) is 3.65. The number of amides is 1. The SMILES string of the molecule is NC(CCC(=O)N1CCCCc2ccccc21)C(=O)O. The average Bonchev–Trinajstić information content (AvgIpc) is 2.66. The van der Waals surface area contributed by atoms with Crippen molar-refractivity contribution in [3.05, 3.63) is 29.8 Å². The van der Waals surface area contributed by atoms with Crippen molar-refractivity contribution in [3.63, 3.8) is 0 Å². The fraction of sp³-hybridized carbons (Fsp3) is 0.467. The van der Waals surface area contributed by atoms with Crippen LogP contribution in [-0.2, 0) is 16.0 Å². The normalized spacial score (nSPS) is 16.1. The number of aryl methyl sites for hydroxylation is 1. The lowest BCUT2D eigenvalue weighted by molar-refractivity contribution is -0.138. The van der Waals surface area contributed by atoms with Gasteiger partial charge in [-0.2, -0.15) is 0 Å². The van der Waals surface area contributed by atoms with Crippen LogP contribution in [0.1, 0.15) is 31.2 Å². The fourth-order valence-corrected chi connectivity index (χ4v) is 2.49. The van der Waals surface area contributed by atoms with E-state index in [1.807, 2.05) is 24.3 Å². The van der Waals surface area contributed by atoms with E-state index in [2.05, 4.69) is 0 Å². The van der Waals surface area contributed by atoms with Crippen LogP contribution in [0.4, 0.5) is 5.69 Å². The Hall–Kier alpha value is -1.88. The summed E-state index contributed by atoms with van der Waals surface area (Å²) in [7, 11) is 0. The molecule has 3 N–H and O–H groups in total. The van der Waals surface area contributed by atoms with Crippen LogP contribution in [0.25, 0.3) is 0 Å². The standard InChI is InChI=1S/C15H20N2O3/c16-12(15(19)20)8-9-14(18)17-10-4-3-6-11-5-1-2-7-13(11)17/h1-2,5,7,12H,3-4,6,8-10,16H2,(H,19,20). The number of anilines is 1. The van der Waals surface area contributed by atoms with Crippen LogP contribution >= 0.6 is 0 Å². The number of carbonyl (C=O) groups is 2. The maximum absolute atomic E-state index is 12.3. The van der Waals surface area contributed by atoms with E-state index in [0.29, 0.717) is 6.54 Å². The van der Waals surface area contributed by atoms with E-state index in [4.69, 9.17) is 10.8 Å². The van der Waals surface area contributed by atoms with Crippen LogP contribution < -0.4 is 10.6 Å². The summed E-state index contributed by atoms with van der Waals surface area (Å²) < 4.78 is 0. The highest BCUT2D eigenvalue weighted by atomic mass is 16.4. The second-order valence-electron chi connectivity index (χ2n) is 5.11. The van der Waals surface area contributed by atoms with Gasteiger partial charge in [0.15, 0.2) is 0 Å². The molecule has 1 aromatic carbocycles. The van der Waals surface area contributed by atoms with Crippen molar-refractivity contribution in [3.8, 4) is 0 Å². The van der Waals surface area contributed by atoms with Gasteiger partial charge in [0.25, 0.3) is 0 Å². The van der Waals surface area contributed by atoms with Crippen LogP contribution in [0, 0.1) is 0 Å². The van der Waals surface area contributed by atoms with Gasteiger partial charge in [-0.15, -0.1) is 0 Å². The van der Waals surface area contributed by atoms with E-state index >= 15 is 0 Å². The van der Waals surface area contributed by atoms with Gasteiger partial charge in [0.2, 0.25) is 5.91 Å². The minimum Gasteiger partial charge on any atom is -0.480 e. The van der Waals surface area contributed by atoms with Crippen LogP contribution in [-0.4, -0.2) is 29.6 Å². The Morgan fingerprint density at radius 3 is 2.80 bits per heavy atom. The van der Waals surface area contributed by atoms with Crippen molar-refractivity contribution in [1.82, 2.24) is 0 Å². The van der Waals surface area contributed by atoms with Gasteiger partial charge in [-0.05, 0) is 37.3 Å². The second kappa shape index (κ2) is 6.52. The van der Waals surface area contributed by atoms with Crippen molar-refractivity contribution < 1.29 is 14.7 Å². The van der Waals surface area contributed by atoms with E-state index in [1.165, 1.54) is 5.56 Å². The minimum atomic E-state index is -1.06. The first-order valence-electron chi connectivity index (χ1n) is 6.96. The summed E-state index contributed by atoms with van der Waals surface area (Å²) in [4.78, 5) is 24.8. The minimum absolute atomic E-state index is 0.0453. The summed E-state index contributed by atoms with van der Waals surface area (Å²) in [6.07, 6.45) is 3.35. The number of hydrogen-bond acceptors (Lipinski definition) is 3. The highest BCUT2D eigenvalue weighted by molar-refractivity contribution is 5.94. The maximum Gasteiger partial charge on any atom is 0.320 e. The summed E-state index contributed by atoms with van der Waals surface area (Å²) in [5.41, 5.74) is 7.59. The topological polar surface area (TPSA) is 83.6 Å². The van der Waals surface area contributed by atoms with Crippen molar-refractivity contribution in [2.75, 3.05) is 11.4 Å². The zero-order valence-corrected chi connectivity index (χ0v) is 11.4. The molecule has 0 bridgehead atoms. The van der Waals surface area contributed by atoms with Crippen molar-refractivity contribution in [2.45, 2.75) is 38.1 Å². The summed E-state index contributed by atoms with van der Waals surface area (Å²) in [6.45, 7) is 0.693. The Balaban J connectivity index is 2.08. The van der Waals surface area contributed by atoms with E-state index in [1.54, 1.807) is 4.90 Å². The molecule has 2 rings (SSSR count). The summed E-state index contributed by atoms with van der Waals surface area (Å²) in [6, 6.07) is 6.93. The van der Waals surface area contributed by atoms with Gasteiger partial charge in [-0.25, -0.2) is 0 Å². The largest absolute Gasteiger partial charge is 0.480 e. The highest BCUT2D eigenvalue weighted by Gasteiger charge is 2.22. The van der Waals surface area contributed by atoms with Crippen LogP contribution in [0.5, 0.6) is 0 Å². The number of aliphatic carboxylic acids is 1. The molecule has 5 nitrogen and oxygen atoms in total. The molecule has 1 unspecified atom stereocenters. The lowest BCUT2D eigenvalue weighted by atomic mass is 10.1. The number of carboxylic acid groups (broad SMARTS) is 1. The smallest absolute Gasteiger partial charge is 0.320 e. The zero-order chi connectivity index (χ0) is 14.5. The predicted octanol–water partition coefficient (Wildman–Crippen LogP) is 1.55. The molecular weight excluding hydrogens is 256 g/mol. The van der Waals surface area contributed by atoms with Gasteiger partial charge in [0.1, 0.15) is 6.04 Å².